The van der Waals surface area contributed by atoms with E-state index < -0.39 is 24.1 Å². The Morgan fingerprint density at radius 3 is 2.88 bits per heavy atom. The number of fused-ring (bicyclic) bond motifs is 1. The fourth-order valence-corrected chi connectivity index (χ4v) is 1.37. The summed E-state index contributed by atoms with van der Waals surface area (Å²) in [6, 6.07) is 4.50. The second kappa shape index (κ2) is 4.12. The molecule has 1 aromatic heterocycles. The molecule has 7 heteroatoms. The number of nitrogens with one attached hydrogen (secondary N) is 2. The molecule has 17 heavy (non-hydrogen) atoms. The molecule has 0 spiro atoms. The number of rotatable bonds is 3. The highest BCUT2D eigenvalue weighted by Crippen LogP contribution is 2.16. The van der Waals surface area contributed by atoms with Gasteiger partial charge in [0.25, 0.3) is 0 Å². The molecule has 0 unspecified atom stereocenters. The topological polar surface area (TPSA) is 112 Å². The number of amides is 1. The minimum Gasteiger partial charge on any atom is -0.481 e. The Morgan fingerprint density at radius 2 is 2.18 bits per heavy atom. The van der Waals surface area contributed by atoms with Crippen molar-refractivity contribution < 1.29 is 19.1 Å². The van der Waals surface area contributed by atoms with Crippen LogP contribution in [0, 0.1) is 0 Å². The number of hydrogen-bond acceptors (Lipinski definition) is 4. The van der Waals surface area contributed by atoms with E-state index in [1.165, 1.54) is 18.2 Å². The van der Waals surface area contributed by atoms with Crippen LogP contribution in [0.25, 0.3) is 11.1 Å². The number of carboxylic acids is 1. The summed E-state index contributed by atoms with van der Waals surface area (Å²) in [5.41, 5.74) is 1.19. The van der Waals surface area contributed by atoms with E-state index in [1.54, 1.807) is 0 Å². The molecule has 0 fully saturated rings. The maximum Gasteiger partial charge on any atom is 0.417 e. The number of H-pyrrole nitrogens is 1. The van der Waals surface area contributed by atoms with Crippen molar-refractivity contribution in [1.29, 1.82) is 0 Å². The molecule has 2 aromatic rings. The molecule has 0 radical (unpaired) electrons. The molecule has 3 N–H and O–H groups in total. The highest BCUT2D eigenvalue weighted by atomic mass is 16.4. The van der Waals surface area contributed by atoms with Crippen LogP contribution in [0.1, 0.15) is 6.42 Å². The highest BCUT2D eigenvalue weighted by Gasteiger charge is 2.08. The van der Waals surface area contributed by atoms with Crippen LogP contribution in [-0.2, 0) is 9.59 Å². The molecule has 88 valence electrons. The third kappa shape index (κ3) is 2.51. The van der Waals surface area contributed by atoms with E-state index in [0.717, 1.165) is 0 Å². The molecule has 1 aromatic carbocycles. The van der Waals surface area contributed by atoms with Gasteiger partial charge in [0, 0.05) is 5.69 Å². The fourth-order valence-electron chi connectivity index (χ4n) is 1.37. The van der Waals surface area contributed by atoms with Gasteiger partial charge in [0.2, 0.25) is 5.91 Å². The standard InChI is InChI=1S/C10H8N2O5/c13-8(4-9(14)15)11-5-1-2-7-6(3-5)12-10(16)17-7/h1-3H,4H2,(H,11,13)(H,12,16)(H,14,15). The number of oxazole rings is 1. The Balaban J connectivity index is 2.21. The lowest BCUT2D eigenvalue weighted by atomic mass is 10.2. The zero-order valence-electron chi connectivity index (χ0n) is 8.52. The number of carbonyl (C=O) groups is 2. The van der Waals surface area contributed by atoms with E-state index in [2.05, 4.69) is 10.3 Å². The average Bonchev–Trinajstić information content (AvgIpc) is 2.55. The number of aromatic amines is 1. The molecule has 0 aliphatic heterocycles. The van der Waals surface area contributed by atoms with E-state index in [1.807, 2.05) is 0 Å². The lowest BCUT2D eigenvalue weighted by Crippen LogP contribution is -2.15. The molecule has 0 aliphatic carbocycles. The summed E-state index contributed by atoms with van der Waals surface area (Å²) in [4.78, 5) is 34.8. The van der Waals surface area contributed by atoms with Crippen LogP contribution in [0.5, 0.6) is 0 Å². The lowest BCUT2D eigenvalue weighted by Gasteiger charge is -2.02. The van der Waals surface area contributed by atoms with Crippen molar-refractivity contribution in [3.8, 4) is 0 Å². The first kappa shape index (κ1) is 10.9. The maximum absolute atomic E-state index is 11.2. The van der Waals surface area contributed by atoms with Gasteiger partial charge in [0.1, 0.15) is 6.42 Å². The first-order chi connectivity index (χ1) is 8.04. The number of hydrogen-bond donors (Lipinski definition) is 3. The first-order valence-corrected chi connectivity index (χ1v) is 4.69. The summed E-state index contributed by atoms with van der Waals surface area (Å²) in [7, 11) is 0. The molecule has 2 rings (SSSR count). The smallest absolute Gasteiger partial charge is 0.417 e. The van der Waals surface area contributed by atoms with E-state index in [0.29, 0.717) is 16.8 Å². The molecule has 0 saturated carbocycles. The molecular weight excluding hydrogens is 228 g/mol. The van der Waals surface area contributed by atoms with Gasteiger partial charge < -0.3 is 14.8 Å². The first-order valence-electron chi connectivity index (χ1n) is 4.69. The third-order valence-electron chi connectivity index (χ3n) is 2.01. The van der Waals surface area contributed by atoms with Crippen LogP contribution in [0.2, 0.25) is 0 Å². The van der Waals surface area contributed by atoms with Crippen LogP contribution in [-0.4, -0.2) is 22.0 Å². The van der Waals surface area contributed by atoms with Gasteiger partial charge in [-0.25, -0.2) is 4.79 Å². The van der Waals surface area contributed by atoms with Crippen molar-refractivity contribution in [1.82, 2.24) is 4.98 Å². The Morgan fingerprint density at radius 1 is 1.41 bits per heavy atom. The Kier molecular flexibility index (Phi) is 2.65. The van der Waals surface area contributed by atoms with Crippen LogP contribution in [0.4, 0.5) is 5.69 Å². The van der Waals surface area contributed by atoms with Gasteiger partial charge >= 0.3 is 11.7 Å². The number of carbonyl (C=O) groups excluding carboxylic acids is 1. The summed E-state index contributed by atoms with van der Waals surface area (Å²) in [5.74, 6) is -2.43. The number of aliphatic carboxylic acids is 1. The van der Waals surface area contributed by atoms with Gasteiger partial charge in [-0.2, -0.15) is 0 Å². The minimum absolute atomic E-state index is 0.367. The number of benzene rings is 1. The van der Waals surface area contributed by atoms with Crippen molar-refractivity contribution >= 4 is 28.7 Å². The predicted molar refractivity (Wildman–Crippen MR) is 57.7 cm³/mol. The number of carboxylic acid groups (broad SMARTS) is 1. The van der Waals surface area contributed by atoms with Crippen LogP contribution in [0.15, 0.2) is 27.4 Å². The normalized spacial score (nSPS) is 10.4. The summed E-state index contributed by atoms with van der Waals surface area (Å²) in [6.45, 7) is 0. The SMILES string of the molecule is O=C(O)CC(=O)Nc1ccc2oc(=O)[nH]c2c1. The highest BCUT2D eigenvalue weighted by molar-refractivity contribution is 6.01. The molecule has 0 saturated heterocycles. The second-order valence-electron chi connectivity index (χ2n) is 3.34. The van der Waals surface area contributed by atoms with Gasteiger partial charge in [-0.3, -0.25) is 14.6 Å². The van der Waals surface area contributed by atoms with Crippen molar-refractivity contribution in [3.63, 3.8) is 0 Å². The summed E-state index contributed by atoms with van der Waals surface area (Å²) in [6.07, 6.45) is -0.611. The summed E-state index contributed by atoms with van der Waals surface area (Å²) >= 11 is 0. The lowest BCUT2D eigenvalue weighted by molar-refractivity contribution is -0.139. The molecule has 1 heterocycles. The molecule has 7 nitrogen and oxygen atoms in total. The maximum atomic E-state index is 11.2. The van der Waals surface area contributed by atoms with Gasteiger partial charge in [0.05, 0.1) is 5.52 Å². The van der Waals surface area contributed by atoms with E-state index >= 15 is 0 Å². The van der Waals surface area contributed by atoms with Gasteiger partial charge in [0.15, 0.2) is 5.58 Å². The van der Waals surface area contributed by atoms with E-state index in [9.17, 15) is 14.4 Å². The fraction of sp³-hybridized carbons (Fsp3) is 0.100. The number of aromatic nitrogens is 1. The molecule has 0 atom stereocenters. The molecule has 0 aliphatic rings. The van der Waals surface area contributed by atoms with Crippen LogP contribution in [0.3, 0.4) is 0 Å². The zero-order valence-corrected chi connectivity index (χ0v) is 8.52. The average molecular weight is 236 g/mol. The molecule has 0 bridgehead atoms. The minimum atomic E-state index is -1.21. The third-order valence-corrected chi connectivity index (χ3v) is 2.01. The Labute approximate surface area is 94.1 Å². The van der Waals surface area contributed by atoms with Crippen molar-refractivity contribution in [2.75, 3.05) is 5.32 Å². The van der Waals surface area contributed by atoms with E-state index in [-0.39, 0.29) is 0 Å². The van der Waals surface area contributed by atoms with Crippen molar-refractivity contribution in [3.05, 3.63) is 28.7 Å². The Bertz CT molecular complexity index is 639. The molecule has 1 amide bonds. The molecular formula is C10H8N2O5. The van der Waals surface area contributed by atoms with Gasteiger partial charge in [-0.1, -0.05) is 0 Å². The van der Waals surface area contributed by atoms with Gasteiger partial charge in [-0.05, 0) is 18.2 Å². The summed E-state index contributed by atoms with van der Waals surface area (Å²) < 4.78 is 4.77. The van der Waals surface area contributed by atoms with Crippen LogP contribution >= 0.6 is 0 Å². The summed E-state index contributed by atoms with van der Waals surface area (Å²) in [5, 5.41) is 10.8. The predicted octanol–water partition coefficient (Wildman–Crippen LogP) is 0.534. The quantitative estimate of drug-likeness (QED) is 0.673. The monoisotopic (exact) mass is 236 g/mol. The Hall–Kier alpha value is -2.57. The number of anilines is 1. The zero-order chi connectivity index (χ0) is 12.4. The van der Waals surface area contributed by atoms with Crippen molar-refractivity contribution in [2.45, 2.75) is 6.42 Å². The van der Waals surface area contributed by atoms with Crippen molar-refractivity contribution in [2.24, 2.45) is 0 Å². The largest absolute Gasteiger partial charge is 0.481 e. The van der Waals surface area contributed by atoms with Gasteiger partial charge in [-0.15, -0.1) is 0 Å². The van der Waals surface area contributed by atoms with E-state index in [4.69, 9.17) is 9.52 Å². The second-order valence-corrected chi connectivity index (χ2v) is 3.34. The van der Waals surface area contributed by atoms with Crippen LogP contribution < -0.4 is 11.1 Å².